The second-order valence-electron chi connectivity index (χ2n) is 7.39. The molecule has 1 aliphatic heterocycles. The van der Waals surface area contributed by atoms with E-state index in [9.17, 15) is 5.11 Å². The summed E-state index contributed by atoms with van der Waals surface area (Å²) < 4.78 is 7.83. The maximum absolute atomic E-state index is 9.38. The number of hydrogen-bond acceptors (Lipinski definition) is 4. The zero-order valence-corrected chi connectivity index (χ0v) is 17.5. The van der Waals surface area contributed by atoms with Crippen LogP contribution in [0, 0.1) is 13.8 Å². The van der Waals surface area contributed by atoms with Crippen LogP contribution in [0.1, 0.15) is 46.9 Å². The lowest BCUT2D eigenvalue weighted by molar-refractivity contribution is 0.247. The summed E-state index contributed by atoms with van der Waals surface area (Å²) in [6, 6.07) is 12.1. The Labute approximate surface area is 176 Å². The van der Waals surface area contributed by atoms with Gasteiger partial charge in [-0.2, -0.15) is 0 Å². The van der Waals surface area contributed by atoms with Gasteiger partial charge in [0.15, 0.2) is 5.11 Å². The molecule has 1 saturated heterocycles. The summed E-state index contributed by atoms with van der Waals surface area (Å²) in [6.45, 7) is 5.79. The van der Waals surface area contributed by atoms with E-state index >= 15 is 0 Å². The lowest BCUT2D eigenvalue weighted by Crippen LogP contribution is -2.31. The molecule has 0 radical (unpaired) electrons. The fourth-order valence-electron chi connectivity index (χ4n) is 4.15. The lowest BCUT2D eigenvalue weighted by Gasteiger charge is -2.28. The highest BCUT2D eigenvalue weighted by Gasteiger charge is 2.41. The first kappa shape index (κ1) is 19.7. The van der Waals surface area contributed by atoms with Crippen molar-refractivity contribution in [3.05, 3.63) is 77.3 Å². The maximum Gasteiger partial charge on any atom is 0.170 e. The molecule has 2 atom stereocenters. The van der Waals surface area contributed by atoms with Crippen LogP contribution in [0.25, 0.3) is 0 Å². The second kappa shape index (κ2) is 8.39. The van der Waals surface area contributed by atoms with Crippen LogP contribution in [0.3, 0.4) is 0 Å². The molecule has 0 saturated carbocycles. The largest absolute Gasteiger partial charge is 0.467 e. The molecule has 6 nitrogen and oxygen atoms in total. The third kappa shape index (κ3) is 3.80. The SMILES string of the molecule is Cc1cc([C@H]2[C@@H](c3ccccn3)NC(=S)N2CCCO)c(C)n1Cc1ccco1. The van der Waals surface area contributed by atoms with E-state index in [-0.39, 0.29) is 18.7 Å². The molecule has 1 aliphatic rings. The van der Waals surface area contributed by atoms with E-state index in [0.717, 1.165) is 11.5 Å². The Balaban J connectivity index is 1.74. The van der Waals surface area contributed by atoms with Gasteiger partial charge < -0.3 is 24.3 Å². The number of aromatic nitrogens is 2. The van der Waals surface area contributed by atoms with Crippen LogP contribution in [0.4, 0.5) is 0 Å². The van der Waals surface area contributed by atoms with Crippen LogP contribution in [0.15, 0.2) is 53.3 Å². The van der Waals surface area contributed by atoms with Gasteiger partial charge in [0.1, 0.15) is 5.76 Å². The number of aryl methyl sites for hydroxylation is 1. The average molecular weight is 411 g/mol. The summed E-state index contributed by atoms with van der Waals surface area (Å²) in [5.41, 5.74) is 4.54. The third-order valence-corrected chi connectivity index (χ3v) is 5.93. The van der Waals surface area contributed by atoms with E-state index in [1.165, 1.54) is 17.0 Å². The summed E-state index contributed by atoms with van der Waals surface area (Å²) in [4.78, 5) is 6.77. The first-order valence-corrected chi connectivity index (χ1v) is 10.3. The van der Waals surface area contributed by atoms with E-state index in [1.54, 1.807) is 6.26 Å². The van der Waals surface area contributed by atoms with Gasteiger partial charge >= 0.3 is 0 Å². The van der Waals surface area contributed by atoms with Crippen LogP contribution in [-0.2, 0) is 6.54 Å². The zero-order valence-electron chi connectivity index (χ0n) is 16.7. The minimum absolute atomic E-state index is 0.0144. The van der Waals surface area contributed by atoms with Gasteiger partial charge in [-0.05, 0) is 68.4 Å². The number of aliphatic hydroxyl groups excluding tert-OH is 1. The highest BCUT2D eigenvalue weighted by atomic mass is 32.1. The van der Waals surface area contributed by atoms with Crippen LogP contribution < -0.4 is 5.32 Å². The lowest BCUT2D eigenvalue weighted by atomic mass is 9.96. The number of nitrogens with one attached hydrogen (secondary N) is 1. The number of hydrogen-bond donors (Lipinski definition) is 2. The van der Waals surface area contributed by atoms with Crippen molar-refractivity contribution in [2.45, 2.75) is 38.9 Å². The maximum atomic E-state index is 9.38. The van der Waals surface area contributed by atoms with Crippen molar-refractivity contribution in [3.63, 3.8) is 0 Å². The molecule has 0 bridgehead atoms. The molecule has 3 aromatic rings. The summed E-state index contributed by atoms with van der Waals surface area (Å²) >= 11 is 5.67. The fourth-order valence-corrected chi connectivity index (χ4v) is 4.49. The van der Waals surface area contributed by atoms with E-state index in [1.807, 2.05) is 36.5 Å². The number of furan rings is 1. The van der Waals surface area contributed by atoms with Crippen molar-refractivity contribution in [2.24, 2.45) is 0 Å². The fraction of sp³-hybridized carbons (Fsp3) is 0.364. The molecule has 4 rings (SSSR count). The topological polar surface area (TPSA) is 66.5 Å². The molecule has 2 N–H and O–H groups in total. The van der Waals surface area contributed by atoms with Gasteiger partial charge in [-0.25, -0.2) is 0 Å². The Hall–Kier alpha value is -2.64. The van der Waals surface area contributed by atoms with Crippen LogP contribution in [0.2, 0.25) is 0 Å². The van der Waals surface area contributed by atoms with Crippen LogP contribution in [0.5, 0.6) is 0 Å². The minimum atomic E-state index is -0.0417. The molecular formula is C22H26N4O2S. The highest BCUT2D eigenvalue weighted by molar-refractivity contribution is 7.80. The Bertz CT molecular complexity index is 968. The van der Waals surface area contributed by atoms with Gasteiger partial charge in [-0.3, -0.25) is 4.98 Å². The molecule has 0 unspecified atom stereocenters. The molecule has 152 valence electrons. The summed E-state index contributed by atoms with van der Waals surface area (Å²) in [6.07, 6.45) is 4.18. The van der Waals surface area contributed by atoms with Crippen molar-refractivity contribution in [2.75, 3.05) is 13.2 Å². The van der Waals surface area contributed by atoms with Gasteiger partial charge in [0.05, 0.1) is 30.6 Å². The van der Waals surface area contributed by atoms with Gasteiger partial charge in [-0.15, -0.1) is 0 Å². The first-order valence-electron chi connectivity index (χ1n) is 9.88. The standard InChI is InChI=1S/C22H26N4O2S/c1-15-13-18(16(2)26(15)14-17-7-5-12-28-17)21-20(19-8-3-4-9-23-19)24-22(29)25(21)10-6-11-27/h3-5,7-9,12-13,20-21,27H,6,10-11,14H2,1-2H3,(H,24,29)/t20-,21+/m1/s1. The predicted octanol–water partition coefficient (Wildman–Crippen LogP) is 3.50. The first-order chi connectivity index (χ1) is 14.1. The number of thiocarbonyl (C=S) groups is 1. The molecule has 0 aliphatic carbocycles. The molecule has 7 heteroatoms. The second-order valence-corrected chi connectivity index (χ2v) is 7.78. The third-order valence-electron chi connectivity index (χ3n) is 5.58. The molecule has 0 amide bonds. The van der Waals surface area contributed by atoms with E-state index in [0.29, 0.717) is 24.6 Å². The van der Waals surface area contributed by atoms with Crippen molar-refractivity contribution >= 4 is 17.3 Å². The molecule has 0 spiro atoms. The average Bonchev–Trinajstić information content (AvgIpc) is 3.42. The quantitative estimate of drug-likeness (QED) is 0.581. The summed E-state index contributed by atoms with van der Waals surface area (Å²) in [5.74, 6) is 0.928. The van der Waals surface area contributed by atoms with Crippen LogP contribution in [-0.4, -0.2) is 37.8 Å². The molecule has 29 heavy (non-hydrogen) atoms. The molecule has 0 aromatic carbocycles. The van der Waals surface area contributed by atoms with Gasteiger partial charge in [0.2, 0.25) is 0 Å². The van der Waals surface area contributed by atoms with Crippen molar-refractivity contribution in [1.82, 2.24) is 19.8 Å². The highest BCUT2D eigenvalue weighted by Crippen LogP contribution is 2.40. The predicted molar refractivity (Wildman–Crippen MR) is 116 cm³/mol. The molecule has 4 heterocycles. The van der Waals surface area contributed by atoms with E-state index in [4.69, 9.17) is 16.6 Å². The Kier molecular flexibility index (Phi) is 5.69. The van der Waals surface area contributed by atoms with Gasteiger partial charge in [0, 0.05) is 30.7 Å². The van der Waals surface area contributed by atoms with Crippen molar-refractivity contribution in [3.8, 4) is 0 Å². The van der Waals surface area contributed by atoms with Crippen molar-refractivity contribution in [1.29, 1.82) is 0 Å². The number of rotatable bonds is 7. The van der Waals surface area contributed by atoms with Crippen molar-refractivity contribution < 1.29 is 9.52 Å². The monoisotopic (exact) mass is 410 g/mol. The molecule has 1 fully saturated rings. The number of aliphatic hydroxyl groups is 1. The van der Waals surface area contributed by atoms with Gasteiger partial charge in [-0.1, -0.05) is 6.07 Å². The van der Waals surface area contributed by atoms with E-state index in [2.05, 4.69) is 39.7 Å². The molecule has 3 aromatic heterocycles. The summed E-state index contributed by atoms with van der Waals surface area (Å²) in [7, 11) is 0. The summed E-state index contributed by atoms with van der Waals surface area (Å²) in [5, 5.41) is 13.6. The minimum Gasteiger partial charge on any atom is -0.467 e. The number of nitrogens with zero attached hydrogens (tertiary/aromatic N) is 3. The smallest absolute Gasteiger partial charge is 0.170 e. The normalized spacial score (nSPS) is 19.0. The zero-order chi connectivity index (χ0) is 20.4. The van der Waals surface area contributed by atoms with Crippen LogP contribution >= 0.6 is 12.2 Å². The number of pyridine rings is 1. The van der Waals surface area contributed by atoms with E-state index < -0.39 is 0 Å². The Morgan fingerprint density at radius 1 is 1.24 bits per heavy atom. The Morgan fingerprint density at radius 2 is 2.10 bits per heavy atom. The molecular weight excluding hydrogens is 384 g/mol. The van der Waals surface area contributed by atoms with Gasteiger partial charge in [0.25, 0.3) is 0 Å². The Morgan fingerprint density at radius 3 is 2.79 bits per heavy atom.